The van der Waals surface area contributed by atoms with Gasteiger partial charge < -0.3 is 0 Å². The molecule has 10 aromatic rings. The molecule has 8 aromatic carbocycles. The maximum absolute atomic E-state index is 5.43. The molecule has 0 aliphatic heterocycles. The average Bonchev–Trinajstić information content (AvgIpc) is 3.79. The van der Waals surface area contributed by atoms with Gasteiger partial charge in [-0.2, -0.15) is 0 Å². The Morgan fingerprint density at radius 1 is 0.358 bits per heavy atom. The smallest absolute Gasteiger partial charge is 0.145 e. The van der Waals surface area contributed by atoms with Gasteiger partial charge in [0, 0.05) is 22.2 Å². The predicted octanol–water partition coefficient (Wildman–Crippen LogP) is 13.0. The van der Waals surface area contributed by atoms with E-state index in [1.807, 2.05) is 12.1 Å². The van der Waals surface area contributed by atoms with Gasteiger partial charge in [0.2, 0.25) is 0 Å². The number of benzene rings is 8. The molecular formula is C50H31N3. The van der Waals surface area contributed by atoms with Crippen LogP contribution in [0.25, 0.3) is 106 Å². The van der Waals surface area contributed by atoms with Crippen molar-refractivity contribution in [3.05, 3.63) is 188 Å². The van der Waals surface area contributed by atoms with Gasteiger partial charge in [-0.25, -0.2) is 9.97 Å². The van der Waals surface area contributed by atoms with Crippen molar-refractivity contribution in [1.29, 1.82) is 0 Å². The van der Waals surface area contributed by atoms with Crippen molar-refractivity contribution in [2.24, 2.45) is 0 Å². The molecule has 3 nitrogen and oxygen atoms in total. The molecule has 0 amide bonds. The van der Waals surface area contributed by atoms with Crippen molar-refractivity contribution < 1.29 is 0 Å². The summed E-state index contributed by atoms with van der Waals surface area (Å²) in [5.41, 5.74) is 17.0. The fraction of sp³-hybridized carbons (Fsp3) is 0. The van der Waals surface area contributed by atoms with Crippen LogP contribution in [0.4, 0.5) is 0 Å². The second-order valence-corrected chi connectivity index (χ2v) is 13.7. The van der Waals surface area contributed by atoms with Gasteiger partial charge in [0.1, 0.15) is 16.9 Å². The van der Waals surface area contributed by atoms with E-state index in [0.717, 1.165) is 50.3 Å². The van der Waals surface area contributed by atoms with E-state index in [1.54, 1.807) is 0 Å². The second-order valence-electron chi connectivity index (χ2n) is 13.7. The van der Waals surface area contributed by atoms with E-state index < -0.39 is 0 Å². The first-order chi connectivity index (χ1) is 26.3. The van der Waals surface area contributed by atoms with Crippen LogP contribution >= 0.6 is 0 Å². The summed E-state index contributed by atoms with van der Waals surface area (Å²) in [6.07, 6.45) is 0. The van der Waals surface area contributed by atoms with Crippen LogP contribution in [0.15, 0.2) is 188 Å². The molecule has 0 spiro atoms. The normalized spacial score (nSPS) is 11.8. The van der Waals surface area contributed by atoms with E-state index in [9.17, 15) is 0 Å². The summed E-state index contributed by atoms with van der Waals surface area (Å²) in [4.78, 5) is 10.7. The summed E-state index contributed by atoms with van der Waals surface area (Å²) in [5, 5.41) is 3.64. The predicted molar refractivity (Wildman–Crippen MR) is 220 cm³/mol. The first kappa shape index (κ1) is 29.6. The van der Waals surface area contributed by atoms with Gasteiger partial charge in [0.25, 0.3) is 0 Å². The van der Waals surface area contributed by atoms with Crippen LogP contribution < -0.4 is 0 Å². The Hall–Kier alpha value is -7.10. The van der Waals surface area contributed by atoms with Gasteiger partial charge in [-0.1, -0.05) is 164 Å². The van der Waals surface area contributed by atoms with Crippen LogP contribution in [-0.2, 0) is 0 Å². The Kier molecular flexibility index (Phi) is 6.55. The van der Waals surface area contributed by atoms with Crippen molar-refractivity contribution in [2.75, 3.05) is 0 Å². The number of nitrogens with zero attached hydrogens (tertiary/aromatic N) is 3. The molecule has 0 fully saturated rings. The molecule has 0 saturated heterocycles. The maximum atomic E-state index is 5.43. The number of aromatic nitrogens is 3. The molecule has 0 unspecified atom stereocenters. The zero-order valence-electron chi connectivity index (χ0n) is 28.7. The molecule has 2 aromatic heterocycles. The first-order valence-corrected chi connectivity index (χ1v) is 18.1. The van der Waals surface area contributed by atoms with E-state index >= 15 is 0 Å². The van der Waals surface area contributed by atoms with Gasteiger partial charge in [-0.3, -0.25) is 4.57 Å². The maximum Gasteiger partial charge on any atom is 0.145 e. The van der Waals surface area contributed by atoms with Gasteiger partial charge in [0.05, 0.1) is 11.2 Å². The Labute approximate surface area is 307 Å². The topological polar surface area (TPSA) is 30.7 Å². The molecule has 53 heavy (non-hydrogen) atoms. The highest BCUT2D eigenvalue weighted by Crippen LogP contribution is 2.50. The Bertz CT molecular complexity index is 3020. The van der Waals surface area contributed by atoms with E-state index in [4.69, 9.17) is 9.97 Å². The average molecular weight is 674 g/mol. The minimum absolute atomic E-state index is 0.887. The largest absolute Gasteiger partial charge is 0.290 e. The highest BCUT2D eigenvalue weighted by molar-refractivity contribution is 6.19. The number of para-hydroxylation sites is 2. The lowest BCUT2D eigenvalue weighted by atomic mass is 9.94. The van der Waals surface area contributed by atoms with Crippen molar-refractivity contribution in [2.45, 2.75) is 0 Å². The third-order valence-electron chi connectivity index (χ3n) is 10.8. The third-order valence-corrected chi connectivity index (χ3v) is 10.8. The highest BCUT2D eigenvalue weighted by atomic mass is 15.1. The minimum atomic E-state index is 0.887. The van der Waals surface area contributed by atoms with Gasteiger partial charge >= 0.3 is 0 Å². The zero-order valence-corrected chi connectivity index (χ0v) is 28.7. The van der Waals surface area contributed by atoms with Crippen LogP contribution in [0, 0.1) is 0 Å². The standard InChI is InChI=1S/C50H31N3/c1-4-13-32(14-5-1)36-27-28-39-42-30-29-38(40-20-12-21-41(46(40)42)44(39)31-36)33-23-25-35(26-24-33)50-52-48-43-19-10-11-22-45(43)51-47(34-15-6-2-7-16-34)49(48)53(50)37-17-8-3-9-18-37/h1-31H. The van der Waals surface area contributed by atoms with Gasteiger partial charge in [-0.05, 0) is 79.5 Å². The van der Waals surface area contributed by atoms with E-state index in [-0.39, 0.29) is 0 Å². The fourth-order valence-electron chi connectivity index (χ4n) is 8.31. The Morgan fingerprint density at radius 2 is 0.962 bits per heavy atom. The SMILES string of the molecule is c1ccc(-c2ccc3c(c2)-c2cccc4c(-c5ccc(-c6nc7c8ccccc8nc(-c8ccccc8)c7n6-c6ccccc6)cc5)ccc-3c24)cc1. The summed E-state index contributed by atoms with van der Waals surface area (Å²) in [7, 11) is 0. The number of pyridine rings is 1. The molecule has 0 atom stereocenters. The van der Waals surface area contributed by atoms with E-state index in [2.05, 4.69) is 180 Å². The summed E-state index contributed by atoms with van der Waals surface area (Å²) in [5.74, 6) is 0.887. The molecule has 11 rings (SSSR count). The van der Waals surface area contributed by atoms with Gasteiger partial charge in [0.15, 0.2) is 0 Å². The van der Waals surface area contributed by atoms with E-state index in [1.165, 1.54) is 55.3 Å². The fourth-order valence-corrected chi connectivity index (χ4v) is 8.31. The van der Waals surface area contributed by atoms with Crippen molar-refractivity contribution in [3.8, 4) is 72.8 Å². The Balaban J connectivity index is 1.07. The molecule has 3 heteroatoms. The molecular weight excluding hydrogens is 643 g/mol. The molecule has 1 aliphatic carbocycles. The quantitative estimate of drug-likeness (QED) is 0.182. The lowest BCUT2D eigenvalue weighted by Crippen LogP contribution is -2.00. The molecule has 0 radical (unpaired) electrons. The first-order valence-electron chi connectivity index (χ1n) is 18.1. The lowest BCUT2D eigenvalue weighted by molar-refractivity contribution is 1.10. The minimum Gasteiger partial charge on any atom is -0.290 e. The monoisotopic (exact) mass is 673 g/mol. The number of hydrogen-bond acceptors (Lipinski definition) is 2. The molecule has 0 saturated carbocycles. The van der Waals surface area contributed by atoms with Crippen LogP contribution in [-0.4, -0.2) is 14.5 Å². The summed E-state index contributed by atoms with van der Waals surface area (Å²) >= 11 is 0. The highest BCUT2D eigenvalue weighted by Gasteiger charge is 2.24. The molecule has 2 heterocycles. The number of rotatable bonds is 5. The van der Waals surface area contributed by atoms with Crippen molar-refractivity contribution in [3.63, 3.8) is 0 Å². The Morgan fingerprint density at radius 3 is 1.75 bits per heavy atom. The zero-order chi connectivity index (χ0) is 34.9. The van der Waals surface area contributed by atoms with Crippen LogP contribution in [0.2, 0.25) is 0 Å². The van der Waals surface area contributed by atoms with Crippen molar-refractivity contribution in [1.82, 2.24) is 14.5 Å². The summed E-state index contributed by atoms with van der Waals surface area (Å²) in [6.45, 7) is 0. The molecule has 0 bridgehead atoms. The molecule has 1 aliphatic rings. The van der Waals surface area contributed by atoms with Gasteiger partial charge in [-0.15, -0.1) is 0 Å². The molecule has 0 N–H and O–H groups in total. The molecule has 246 valence electrons. The van der Waals surface area contributed by atoms with Crippen LogP contribution in [0.1, 0.15) is 0 Å². The van der Waals surface area contributed by atoms with E-state index in [0.29, 0.717) is 0 Å². The summed E-state index contributed by atoms with van der Waals surface area (Å²) < 4.78 is 2.28. The lowest BCUT2D eigenvalue weighted by Gasteiger charge is -2.13. The van der Waals surface area contributed by atoms with Crippen LogP contribution in [0.3, 0.4) is 0 Å². The van der Waals surface area contributed by atoms with Crippen molar-refractivity contribution >= 4 is 32.7 Å². The number of fused-ring (bicyclic) bond motifs is 6. The number of imidazole rings is 1. The summed E-state index contributed by atoms with van der Waals surface area (Å²) in [6, 6.07) is 67.1. The second kappa shape index (κ2) is 11.7. The van der Waals surface area contributed by atoms with Crippen LogP contribution in [0.5, 0.6) is 0 Å². The number of hydrogen-bond donors (Lipinski definition) is 0. The third kappa shape index (κ3) is 4.61.